The summed E-state index contributed by atoms with van der Waals surface area (Å²) in [6.07, 6.45) is 0. The number of esters is 4. The number of carbonyl (C=O) groups excluding carboxylic acids is 4. The molecule has 0 fully saturated rings. The van der Waals surface area contributed by atoms with Crippen molar-refractivity contribution in [2.75, 3.05) is 0 Å². The van der Waals surface area contributed by atoms with Crippen LogP contribution in [0.4, 0.5) is 0 Å². The third-order valence-electron chi connectivity index (χ3n) is 5.21. The summed E-state index contributed by atoms with van der Waals surface area (Å²) in [5, 5.41) is 0. The van der Waals surface area contributed by atoms with Crippen molar-refractivity contribution in [3.8, 4) is 11.5 Å². The van der Waals surface area contributed by atoms with E-state index in [1.165, 1.54) is 48.5 Å². The lowest BCUT2D eigenvalue weighted by molar-refractivity contribution is -0.160. The molecule has 0 radical (unpaired) electrons. The molecular formula is C30H22O8. The van der Waals surface area contributed by atoms with E-state index in [9.17, 15) is 19.2 Å². The second-order valence-corrected chi connectivity index (χ2v) is 7.95. The highest BCUT2D eigenvalue weighted by Gasteiger charge is 2.25. The zero-order valence-corrected chi connectivity index (χ0v) is 20.1. The quantitative estimate of drug-likeness (QED) is 0.187. The maximum Gasteiger partial charge on any atom is 0.425 e. The average molecular weight is 510 g/mol. The Balaban J connectivity index is 1.23. The van der Waals surface area contributed by atoms with Gasteiger partial charge in [-0.3, -0.25) is 0 Å². The lowest BCUT2D eigenvalue weighted by Crippen LogP contribution is -2.26. The molecule has 8 nitrogen and oxygen atoms in total. The first kappa shape index (κ1) is 25.8. The summed E-state index contributed by atoms with van der Waals surface area (Å²) in [6, 6.07) is 30.7. The Morgan fingerprint density at radius 3 is 1.13 bits per heavy atom. The first-order valence-electron chi connectivity index (χ1n) is 11.5. The summed E-state index contributed by atoms with van der Waals surface area (Å²) in [6.45, 7) is 0.679. The molecule has 0 heterocycles. The maximum atomic E-state index is 12.2. The van der Waals surface area contributed by atoms with Gasteiger partial charge in [-0.05, 0) is 59.7 Å². The van der Waals surface area contributed by atoms with E-state index >= 15 is 0 Å². The van der Waals surface area contributed by atoms with Gasteiger partial charge < -0.3 is 18.9 Å². The summed E-state index contributed by atoms with van der Waals surface area (Å²) < 4.78 is 20.3. The Morgan fingerprint density at radius 2 is 0.789 bits per heavy atom. The van der Waals surface area contributed by atoms with Gasteiger partial charge in [0.15, 0.2) is 0 Å². The monoisotopic (exact) mass is 510 g/mol. The molecule has 38 heavy (non-hydrogen) atoms. The highest BCUT2D eigenvalue weighted by Crippen LogP contribution is 2.17. The minimum atomic E-state index is -1.62. The van der Waals surface area contributed by atoms with E-state index in [4.69, 9.17) is 9.47 Å². The number of rotatable bonds is 8. The van der Waals surface area contributed by atoms with Gasteiger partial charge in [0.2, 0.25) is 0 Å². The van der Waals surface area contributed by atoms with Gasteiger partial charge >= 0.3 is 23.9 Å². The van der Waals surface area contributed by atoms with Crippen LogP contribution in [0.15, 0.2) is 109 Å². The number of ether oxygens (including phenoxy) is 4. The Hall–Kier alpha value is -5.24. The SMILES string of the molecule is O=C(OC(=O)c1ccc(OCc2ccccc2)cc1)C(=O)OC(=O)c1ccc(OCc2ccccc2)cc1. The standard InChI is InChI=1S/C30H22O8/c31-27(23-11-15-25(16-12-23)35-19-21-7-3-1-4-8-21)37-29(33)30(34)38-28(32)24-13-17-26(18-14-24)36-20-22-9-5-2-6-10-22/h1-18H,19-20H2. The normalized spacial score (nSPS) is 10.2. The number of carbonyl (C=O) groups is 4. The summed E-state index contributed by atoms with van der Waals surface area (Å²) in [5.41, 5.74) is 1.97. The topological polar surface area (TPSA) is 105 Å². The molecule has 0 aromatic heterocycles. The molecular weight excluding hydrogens is 488 g/mol. The molecule has 0 aliphatic carbocycles. The summed E-state index contributed by atoms with van der Waals surface area (Å²) in [7, 11) is 0. The third kappa shape index (κ3) is 7.38. The molecule has 4 aromatic rings. The predicted molar refractivity (Wildman–Crippen MR) is 135 cm³/mol. The molecule has 8 heteroatoms. The molecule has 0 amide bonds. The second kappa shape index (κ2) is 12.6. The largest absolute Gasteiger partial charge is 0.489 e. The molecule has 0 unspecified atom stereocenters. The number of hydrogen-bond acceptors (Lipinski definition) is 8. The van der Waals surface area contributed by atoms with Gasteiger partial charge in [0.05, 0.1) is 11.1 Å². The van der Waals surface area contributed by atoms with Crippen LogP contribution < -0.4 is 9.47 Å². The molecule has 0 aliphatic rings. The van der Waals surface area contributed by atoms with Gasteiger partial charge in [0, 0.05) is 0 Å². The zero-order valence-electron chi connectivity index (χ0n) is 20.1. The second-order valence-electron chi connectivity index (χ2n) is 7.95. The Labute approximate surface area is 218 Å². The summed E-state index contributed by atoms with van der Waals surface area (Å²) in [4.78, 5) is 48.4. The van der Waals surface area contributed by atoms with E-state index < -0.39 is 23.9 Å². The van der Waals surface area contributed by atoms with Gasteiger partial charge in [-0.25, -0.2) is 19.2 Å². The van der Waals surface area contributed by atoms with E-state index in [0.717, 1.165) is 11.1 Å². The van der Waals surface area contributed by atoms with Crippen LogP contribution >= 0.6 is 0 Å². The van der Waals surface area contributed by atoms with Crippen molar-refractivity contribution in [3.63, 3.8) is 0 Å². The number of hydrogen-bond donors (Lipinski definition) is 0. The molecule has 0 N–H and O–H groups in total. The Kier molecular flexibility index (Phi) is 8.60. The number of benzene rings is 4. The first-order valence-corrected chi connectivity index (χ1v) is 11.5. The van der Waals surface area contributed by atoms with Gasteiger partial charge in [-0.2, -0.15) is 0 Å². The molecule has 190 valence electrons. The van der Waals surface area contributed by atoms with Gasteiger partial charge in [-0.15, -0.1) is 0 Å². The van der Waals surface area contributed by atoms with E-state index in [1.807, 2.05) is 60.7 Å². The molecule has 0 saturated heterocycles. The van der Waals surface area contributed by atoms with Crippen molar-refractivity contribution in [3.05, 3.63) is 131 Å². The summed E-state index contributed by atoms with van der Waals surface area (Å²) in [5.74, 6) is -4.38. The fourth-order valence-electron chi connectivity index (χ4n) is 3.23. The Morgan fingerprint density at radius 1 is 0.447 bits per heavy atom. The van der Waals surface area contributed by atoms with Crippen molar-refractivity contribution in [1.29, 1.82) is 0 Å². The molecule has 4 rings (SSSR count). The van der Waals surface area contributed by atoms with E-state index in [1.54, 1.807) is 0 Å². The van der Waals surface area contributed by atoms with Crippen LogP contribution in [0.2, 0.25) is 0 Å². The minimum absolute atomic E-state index is 0.00984. The van der Waals surface area contributed by atoms with Crippen molar-refractivity contribution < 1.29 is 38.1 Å². The average Bonchev–Trinajstić information content (AvgIpc) is 2.96. The summed E-state index contributed by atoms with van der Waals surface area (Å²) >= 11 is 0. The smallest absolute Gasteiger partial charge is 0.425 e. The fraction of sp³-hybridized carbons (Fsp3) is 0.0667. The highest BCUT2D eigenvalue weighted by molar-refractivity contribution is 6.34. The van der Waals surface area contributed by atoms with E-state index in [0.29, 0.717) is 24.7 Å². The van der Waals surface area contributed by atoms with E-state index in [-0.39, 0.29) is 11.1 Å². The zero-order chi connectivity index (χ0) is 26.7. The van der Waals surface area contributed by atoms with E-state index in [2.05, 4.69) is 9.47 Å². The van der Waals surface area contributed by atoms with Crippen LogP contribution in [0.25, 0.3) is 0 Å². The maximum absolute atomic E-state index is 12.2. The first-order chi connectivity index (χ1) is 18.5. The molecule has 0 bridgehead atoms. The van der Waals surface area contributed by atoms with Crippen LogP contribution in [-0.2, 0) is 32.3 Å². The van der Waals surface area contributed by atoms with Crippen molar-refractivity contribution >= 4 is 23.9 Å². The molecule has 0 aliphatic heterocycles. The molecule has 0 saturated carbocycles. The van der Waals surface area contributed by atoms with Crippen LogP contribution in [0.3, 0.4) is 0 Å². The fourth-order valence-corrected chi connectivity index (χ4v) is 3.23. The predicted octanol–water partition coefficient (Wildman–Crippen LogP) is 4.91. The van der Waals surface area contributed by atoms with Crippen LogP contribution in [-0.4, -0.2) is 23.9 Å². The van der Waals surface area contributed by atoms with Gasteiger partial charge in [-0.1, -0.05) is 60.7 Å². The van der Waals surface area contributed by atoms with Crippen LogP contribution in [0.1, 0.15) is 31.8 Å². The van der Waals surface area contributed by atoms with Gasteiger partial charge in [0.25, 0.3) is 0 Å². The molecule has 0 spiro atoms. The Bertz CT molecular complexity index is 1290. The third-order valence-corrected chi connectivity index (χ3v) is 5.21. The minimum Gasteiger partial charge on any atom is -0.489 e. The van der Waals surface area contributed by atoms with Crippen molar-refractivity contribution in [2.24, 2.45) is 0 Å². The van der Waals surface area contributed by atoms with Crippen molar-refractivity contribution in [1.82, 2.24) is 0 Å². The van der Waals surface area contributed by atoms with Crippen LogP contribution in [0.5, 0.6) is 11.5 Å². The van der Waals surface area contributed by atoms with Crippen molar-refractivity contribution in [2.45, 2.75) is 13.2 Å². The highest BCUT2D eigenvalue weighted by atomic mass is 16.6. The molecule has 0 atom stereocenters. The van der Waals surface area contributed by atoms with Gasteiger partial charge in [0.1, 0.15) is 24.7 Å². The lowest BCUT2D eigenvalue weighted by atomic mass is 10.2. The lowest BCUT2D eigenvalue weighted by Gasteiger charge is -2.08. The van der Waals surface area contributed by atoms with Crippen LogP contribution in [0, 0.1) is 0 Å². The molecule has 4 aromatic carbocycles.